The Morgan fingerprint density at radius 2 is 1.41 bits per heavy atom. The number of hydrogen-bond acceptors (Lipinski definition) is 4. The summed E-state index contributed by atoms with van der Waals surface area (Å²) in [5, 5.41) is 1.87. The number of nitrogens with one attached hydrogen (secondary N) is 1. The van der Waals surface area contributed by atoms with E-state index in [-0.39, 0.29) is 0 Å². The molecule has 1 N–H and O–H groups in total. The Labute approximate surface area is 158 Å². The Hall–Kier alpha value is -3.31. The van der Waals surface area contributed by atoms with Gasteiger partial charge in [0.1, 0.15) is 17.2 Å². The summed E-state index contributed by atoms with van der Waals surface area (Å²) in [6, 6.07) is 24.8. The molecule has 5 nitrogen and oxygen atoms in total. The van der Waals surface area contributed by atoms with Crippen molar-refractivity contribution in [3.05, 3.63) is 90.0 Å². The number of amides is 1. The molecule has 3 aromatic rings. The quantitative estimate of drug-likeness (QED) is 0.742. The summed E-state index contributed by atoms with van der Waals surface area (Å²) in [7, 11) is 0. The maximum atomic E-state index is 12.2. The second-order valence-corrected chi connectivity index (χ2v) is 6.33. The van der Waals surface area contributed by atoms with Gasteiger partial charge in [-0.2, -0.15) is 0 Å². The van der Waals surface area contributed by atoms with Crippen molar-refractivity contribution in [2.75, 3.05) is 6.54 Å². The molecule has 0 saturated heterocycles. The topological polar surface area (TPSA) is 50.8 Å². The average Bonchev–Trinajstić information content (AvgIpc) is 2.70. The normalized spacial score (nSPS) is 13.5. The van der Waals surface area contributed by atoms with E-state index in [4.69, 9.17) is 9.47 Å². The van der Waals surface area contributed by atoms with E-state index in [1.54, 1.807) is 24.3 Å². The minimum Gasteiger partial charge on any atom is -0.457 e. The van der Waals surface area contributed by atoms with Crippen LogP contribution in [0, 0.1) is 0 Å². The minimum atomic E-state index is -0.494. The highest BCUT2D eigenvalue weighted by atomic mass is 16.6. The smallest absolute Gasteiger partial charge is 0.427 e. The highest BCUT2D eigenvalue weighted by Crippen LogP contribution is 2.23. The Morgan fingerprint density at radius 3 is 2.19 bits per heavy atom. The molecule has 4 rings (SSSR count). The molecule has 0 radical (unpaired) electrons. The fraction of sp³-hybridized carbons (Fsp3) is 0.136. The molecule has 136 valence electrons. The van der Waals surface area contributed by atoms with E-state index in [9.17, 15) is 4.79 Å². The molecular weight excluding hydrogens is 340 g/mol. The molecule has 1 heterocycles. The number of hydrazine groups is 1. The first kappa shape index (κ1) is 17.1. The summed E-state index contributed by atoms with van der Waals surface area (Å²) < 4.78 is 11.1. The molecule has 0 unspecified atom stereocenters. The van der Waals surface area contributed by atoms with Crippen molar-refractivity contribution in [2.45, 2.75) is 13.0 Å². The molecule has 0 saturated carbocycles. The molecule has 0 aromatic heterocycles. The van der Waals surface area contributed by atoms with Crippen LogP contribution in [-0.4, -0.2) is 17.6 Å². The zero-order valence-corrected chi connectivity index (χ0v) is 14.8. The lowest BCUT2D eigenvalue weighted by molar-refractivity contribution is 0.135. The molecule has 1 amide bonds. The fourth-order valence-electron chi connectivity index (χ4n) is 3.05. The largest absolute Gasteiger partial charge is 0.457 e. The van der Waals surface area contributed by atoms with Gasteiger partial charge in [-0.1, -0.05) is 42.5 Å². The summed E-state index contributed by atoms with van der Waals surface area (Å²) in [4.78, 5) is 12.2. The number of nitrogens with zero attached hydrogens (tertiary/aromatic N) is 1. The first-order chi connectivity index (χ1) is 13.3. The van der Waals surface area contributed by atoms with Gasteiger partial charge in [0.05, 0.1) is 0 Å². The van der Waals surface area contributed by atoms with Crippen molar-refractivity contribution in [3.8, 4) is 17.2 Å². The average molecular weight is 360 g/mol. The van der Waals surface area contributed by atoms with Crippen molar-refractivity contribution in [1.29, 1.82) is 0 Å². The van der Waals surface area contributed by atoms with Crippen LogP contribution in [-0.2, 0) is 13.0 Å². The lowest BCUT2D eigenvalue weighted by Crippen LogP contribution is -2.46. The zero-order chi connectivity index (χ0) is 18.5. The van der Waals surface area contributed by atoms with Crippen molar-refractivity contribution >= 4 is 6.09 Å². The van der Waals surface area contributed by atoms with Crippen molar-refractivity contribution < 1.29 is 14.3 Å². The van der Waals surface area contributed by atoms with Crippen LogP contribution in [0.1, 0.15) is 11.1 Å². The van der Waals surface area contributed by atoms with Gasteiger partial charge in [-0.05, 0) is 53.9 Å². The third kappa shape index (κ3) is 4.46. The number of para-hydroxylation sites is 1. The molecule has 0 aliphatic carbocycles. The van der Waals surface area contributed by atoms with E-state index in [2.05, 4.69) is 17.6 Å². The van der Waals surface area contributed by atoms with Gasteiger partial charge in [0, 0.05) is 13.1 Å². The fourth-order valence-corrected chi connectivity index (χ4v) is 3.05. The number of ether oxygens (including phenoxy) is 2. The van der Waals surface area contributed by atoms with Crippen LogP contribution in [0.4, 0.5) is 4.79 Å². The Kier molecular flexibility index (Phi) is 5.03. The molecule has 0 atom stereocenters. The summed E-state index contributed by atoms with van der Waals surface area (Å²) in [5.74, 6) is 1.90. The molecule has 3 aromatic carbocycles. The van der Waals surface area contributed by atoms with Crippen molar-refractivity contribution in [1.82, 2.24) is 10.4 Å². The Bertz CT molecular complexity index is 910. The lowest BCUT2D eigenvalue weighted by Gasteiger charge is -2.28. The molecule has 0 spiro atoms. The van der Waals surface area contributed by atoms with Crippen LogP contribution in [0.15, 0.2) is 78.9 Å². The van der Waals surface area contributed by atoms with Gasteiger partial charge < -0.3 is 9.47 Å². The Morgan fingerprint density at radius 1 is 0.778 bits per heavy atom. The standard InChI is InChI=1S/C22H20N2O3/c25-22(23-24-15-14-17-6-4-5-7-18(17)16-24)27-21-12-10-20(11-13-21)26-19-8-2-1-3-9-19/h1-13H,14-16H2,(H,23,25). The molecule has 1 aliphatic rings. The van der Waals surface area contributed by atoms with Crippen LogP contribution in [0.5, 0.6) is 17.2 Å². The van der Waals surface area contributed by atoms with E-state index in [0.29, 0.717) is 18.0 Å². The maximum absolute atomic E-state index is 12.2. The molecule has 5 heteroatoms. The van der Waals surface area contributed by atoms with Crippen LogP contribution in [0.25, 0.3) is 0 Å². The number of carbonyl (C=O) groups is 1. The van der Waals surface area contributed by atoms with Gasteiger partial charge in [-0.15, -0.1) is 0 Å². The van der Waals surface area contributed by atoms with E-state index >= 15 is 0 Å². The minimum absolute atomic E-state index is 0.463. The summed E-state index contributed by atoms with van der Waals surface area (Å²) in [6.07, 6.45) is 0.410. The summed E-state index contributed by atoms with van der Waals surface area (Å²) in [6.45, 7) is 1.44. The molecule has 1 aliphatic heterocycles. The van der Waals surface area contributed by atoms with Crippen molar-refractivity contribution in [2.24, 2.45) is 0 Å². The number of benzene rings is 3. The van der Waals surface area contributed by atoms with E-state index in [1.807, 2.05) is 47.5 Å². The number of hydrogen-bond donors (Lipinski definition) is 1. The third-order valence-corrected chi connectivity index (χ3v) is 4.39. The molecule has 27 heavy (non-hydrogen) atoms. The first-order valence-corrected chi connectivity index (χ1v) is 8.89. The van der Waals surface area contributed by atoms with E-state index in [0.717, 1.165) is 18.7 Å². The van der Waals surface area contributed by atoms with E-state index < -0.39 is 6.09 Å². The first-order valence-electron chi connectivity index (χ1n) is 8.89. The highest BCUT2D eigenvalue weighted by Gasteiger charge is 2.18. The Balaban J connectivity index is 1.31. The van der Waals surface area contributed by atoms with Gasteiger partial charge in [-0.3, -0.25) is 5.43 Å². The summed E-state index contributed by atoms with van der Waals surface area (Å²) >= 11 is 0. The predicted octanol–water partition coefficient (Wildman–Crippen LogP) is 4.54. The van der Waals surface area contributed by atoms with Gasteiger partial charge >= 0.3 is 6.09 Å². The molecule has 0 fully saturated rings. The predicted molar refractivity (Wildman–Crippen MR) is 103 cm³/mol. The van der Waals surface area contributed by atoms with Crippen LogP contribution >= 0.6 is 0 Å². The van der Waals surface area contributed by atoms with E-state index in [1.165, 1.54) is 11.1 Å². The second-order valence-electron chi connectivity index (χ2n) is 6.33. The van der Waals surface area contributed by atoms with Crippen molar-refractivity contribution in [3.63, 3.8) is 0 Å². The monoisotopic (exact) mass is 360 g/mol. The van der Waals surface area contributed by atoms with Gasteiger partial charge in [-0.25, -0.2) is 9.80 Å². The zero-order valence-electron chi connectivity index (χ0n) is 14.8. The second kappa shape index (κ2) is 7.93. The molecule has 0 bridgehead atoms. The van der Waals surface area contributed by atoms with Gasteiger partial charge in [0.25, 0.3) is 0 Å². The number of carbonyl (C=O) groups excluding carboxylic acids is 1. The van der Waals surface area contributed by atoms with Crippen LogP contribution < -0.4 is 14.9 Å². The number of rotatable bonds is 4. The van der Waals surface area contributed by atoms with Crippen LogP contribution in [0.3, 0.4) is 0 Å². The summed E-state index contributed by atoms with van der Waals surface area (Å²) in [5.41, 5.74) is 5.36. The lowest BCUT2D eigenvalue weighted by atomic mass is 10.0. The van der Waals surface area contributed by atoms with Gasteiger partial charge in [0.2, 0.25) is 0 Å². The van der Waals surface area contributed by atoms with Gasteiger partial charge in [0.15, 0.2) is 0 Å². The number of fused-ring (bicyclic) bond motifs is 1. The SMILES string of the molecule is O=C(NN1CCc2ccccc2C1)Oc1ccc(Oc2ccccc2)cc1. The molecular formula is C22H20N2O3. The maximum Gasteiger partial charge on any atom is 0.427 e. The van der Waals surface area contributed by atoms with Crippen LogP contribution in [0.2, 0.25) is 0 Å². The third-order valence-electron chi connectivity index (χ3n) is 4.39. The highest BCUT2D eigenvalue weighted by molar-refractivity contribution is 5.69.